The summed E-state index contributed by atoms with van der Waals surface area (Å²) in [5.74, 6) is 1.20. The first kappa shape index (κ1) is 12.3. The van der Waals surface area contributed by atoms with E-state index in [9.17, 15) is 0 Å². The molecule has 1 rings (SSSR count). The molecule has 84 valence electrons. The number of ether oxygens (including phenoxy) is 1. The minimum absolute atomic E-state index is 0.136. The molecule has 0 saturated heterocycles. The fourth-order valence-electron chi connectivity index (χ4n) is 1.43. The zero-order chi connectivity index (χ0) is 11.4. The van der Waals surface area contributed by atoms with Gasteiger partial charge in [0.15, 0.2) is 0 Å². The van der Waals surface area contributed by atoms with Gasteiger partial charge in [-0.3, -0.25) is 0 Å². The zero-order valence-electron chi connectivity index (χ0n) is 9.46. The minimum atomic E-state index is 0.136. The normalized spacial score (nSPS) is 12.9. The first-order chi connectivity index (χ1) is 7.06. The standard InChI is InChI=1S/C12H18ClNO/c1-8(2)11(14)7-9-5-4-6-10(13)12(9)15-3/h4-6,8,11H,7,14H2,1-3H3. The van der Waals surface area contributed by atoms with Gasteiger partial charge in [-0.05, 0) is 24.0 Å². The molecule has 15 heavy (non-hydrogen) atoms. The summed E-state index contributed by atoms with van der Waals surface area (Å²) in [4.78, 5) is 0. The van der Waals surface area contributed by atoms with E-state index >= 15 is 0 Å². The third-order valence-electron chi connectivity index (χ3n) is 2.56. The predicted molar refractivity (Wildman–Crippen MR) is 64.5 cm³/mol. The molecule has 1 aromatic rings. The van der Waals surface area contributed by atoms with Crippen LogP contribution in [0.15, 0.2) is 18.2 Å². The van der Waals surface area contributed by atoms with Gasteiger partial charge < -0.3 is 10.5 Å². The first-order valence-electron chi connectivity index (χ1n) is 5.13. The third-order valence-corrected chi connectivity index (χ3v) is 2.86. The van der Waals surface area contributed by atoms with E-state index in [1.54, 1.807) is 7.11 Å². The van der Waals surface area contributed by atoms with E-state index in [-0.39, 0.29) is 6.04 Å². The summed E-state index contributed by atoms with van der Waals surface area (Å²) in [5, 5.41) is 0.644. The lowest BCUT2D eigenvalue weighted by molar-refractivity contribution is 0.403. The van der Waals surface area contributed by atoms with Crippen molar-refractivity contribution >= 4 is 11.6 Å². The Bertz CT molecular complexity index is 325. The monoisotopic (exact) mass is 227 g/mol. The number of hydrogen-bond donors (Lipinski definition) is 1. The van der Waals surface area contributed by atoms with Crippen LogP contribution in [0.25, 0.3) is 0 Å². The molecular weight excluding hydrogens is 210 g/mol. The van der Waals surface area contributed by atoms with E-state index in [1.165, 1.54) is 0 Å². The van der Waals surface area contributed by atoms with Crippen molar-refractivity contribution in [3.8, 4) is 5.75 Å². The molecule has 0 amide bonds. The average Bonchev–Trinajstić information content (AvgIpc) is 2.18. The Balaban J connectivity index is 2.89. The Kier molecular flexibility index (Phi) is 4.43. The molecule has 0 aliphatic heterocycles. The molecule has 2 N–H and O–H groups in total. The number of para-hydroxylation sites is 1. The van der Waals surface area contributed by atoms with E-state index in [0.717, 1.165) is 17.7 Å². The lowest BCUT2D eigenvalue weighted by atomic mass is 9.97. The fraction of sp³-hybridized carbons (Fsp3) is 0.500. The maximum atomic E-state index is 6.03. The van der Waals surface area contributed by atoms with Crippen molar-refractivity contribution in [2.75, 3.05) is 7.11 Å². The van der Waals surface area contributed by atoms with Crippen LogP contribution >= 0.6 is 11.6 Å². The van der Waals surface area contributed by atoms with Crippen molar-refractivity contribution in [3.05, 3.63) is 28.8 Å². The van der Waals surface area contributed by atoms with Crippen LogP contribution in [0, 0.1) is 5.92 Å². The highest BCUT2D eigenvalue weighted by atomic mass is 35.5. The van der Waals surface area contributed by atoms with Gasteiger partial charge in [0.2, 0.25) is 0 Å². The number of methoxy groups -OCH3 is 1. The Hall–Kier alpha value is -0.730. The number of benzene rings is 1. The van der Waals surface area contributed by atoms with Crippen LogP contribution in [0.1, 0.15) is 19.4 Å². The molecular formula is C12H18ClNO. The molecule has 1 atom stereocenters. The second kappa shape index (κ2) is 5.38. The molecule has 3 heteroatoms. The van der Waals surface area contributed by atoms with Gasteiger partial charge in [0.05, 0.1) is 12.1 Å². The van der Waals surface area contributed by atoms with Crippen molar-refractivity contribution in [2.24, 2.45) is 11.7 Å². The summed E-state index contributed by atoms with van der Waals surface area (Å²) < 4.78 is 5.27. The SMILES string of the molecule is COc1c(Cl)cccc1CC(N)C(C)C. The Morgan fingerprint density at radius 1 is 1.40 bits per heavy atom. The summed E-state index contributed by atoms with van der Waals surface area (Å²) in [6.07, 6.45) is 0.793. The molecule has 0 saturated carbocycles. The van der Waals surface area contributed by atoms with Gasteiger partial charge in [-0.2, -0.15) is 0 Å². The highest BCUT2D eigenvalue weighted by molar-refractivity contribution is 6.32. The average molecular weight is 228 g/mol. The topological polar surface area (TPSA) is 35.2 Å². The van der Waals surface area contributed by atoms with Crippen molar-refractivity contribution in [1.82, 2.24) is 0 Å². The van der Waals surface area contributed by atoms with Crippen molar-refractivity contribution < 1.29 is 4.74 Å². The van der Waals surface area contributed by atoms with Gasteiger partial charge >= 0.3 is 0 Å². The summed E-state index contributed by atoms with van der Waals surface area (Å²) >= 11 is 6.03. The van der Waals surface area contributed by atoms with Gasteiger partial charge in [-0.15, -0.1) is 0 Å². The van der Waals surface area contributed by atoms with Gasteiger partial charge in [0.25, 0.3) is 0 Å². The molecule has 0 spiro atoms. The van der Waals surface area contributed by atoms with E-state index < -0.39 is 0 Å². The maximum Gasteiger partial charge on any atom is 0.140 e. The van der Waals surface area contributed by atoms with Crippen LogP contribution in [-0.2, 0) is 6.42 Å². The van der Waals surface area contributed by atoms with Crippen LogP contribution in [0.5, 0.6) is 5.75 Å². The van der Waals surface area contributed by atoms with E-state index in [4.69, 9.17) is 22.1 Å². The molecule has 0 radical (unpaired) electrons. The lowest BCUT2D eigenvalue weighted by Crippen LogP contribution is -2.28. The summed E-state index contributed by atoms with van der Waals surface area (Å²) in [5.41, 5.74) is 7.10. The Morgan fingerprint density at radius 3 is 2.60 bits per heavy atom. The van der Waals surface area contributed by atoms with Crippen LogP contribution in [0.2, 0.25) is 5.02 Å². The largest absolute Gasteiger partial charge is 0.495 e. The molecule has 0 aromatic heterocycles. The number of rotatable bonds is 4. The lowest BCUT2D eigenvalue weighted by Gasteiger charge is -2.17. The number of hydrogen-bond acceptors (Lipinski definition) is 2. The number of halogens is 1. The van der Waals surface area contributed by atoms with E-state index in [1.807, 2.05) is 18.2 Å². The quantitative estimate of drug-likeness (QED) is 0.859. The second-order valence-corrected chi connectivity index (χ2v) is 4.45. The molecule has 2 nitrogen and oxygen atoms in total. The maximum absolute atomic E-state index is 6.03. The van der Waals surface area contributed by atoms with Crippen LogP contribution in [-0.4, -0.2) is 13.2 Å². The molecule has 0 bridgehead atoms. The van der Waals surface area contributed by atoms with Crippen LogP contribution < -0.4 is 10.5 Å². The highest BCUT2D eigenvalue weighted by Crippen LogP contribution is 2.29. The van der Waals surface area contributed by atoms with Crippen molar-refractivity contribution in [3.63, 3.8) is 0 Å². The second-order valence-electron chi connectivity index (χ2n) is 4.04. The minimum Gasteiger partial charge on any atom is -0.495 e. The highest BCUT2D eigenvalue weighted by Gasteiger charge is 2.13. The van der Waals surface area contributed by atoms with Gasteiger partial charge in [0.1, 0.15) is 5.75 Å². The van der Waals surface area contributed by atoms with Gasteiger partial charge in [-0.25, -0.2) is 0 Å². The van der Waals surface area contributed by atoms with E-state index in [0.29, 0.717) is 10.9 Å². The molecule has 1 aromatic carbocycles. The molecule has 0 fully saturated rings. The summed E-state index contributed by atoms with van der Waals surface area (Å²) in [6, 6.07) is 5.89. The van der Waals surface area contributed by atoms with E-state index in [2.05, 4.69) is 13.8 Å². The molecule has 1 unspecified atom stereocenters. The Labute approximate surface area is 96.4 Å². The predicted octanol–water partition coefficient (Wildman–Crippen LogP) is 2.87. The smallest absolute Gasteiger partial charge is 0.140 e. The van der Waals surface area contributed by atoms with Crippen molar-refractivity contribution in [1.29, 1.82) is 0 Å². The van der Waals surface area contributed by atoms with Crippen LogP contribution in [0.3, 0.4) is 0 Å². The zero-order valence-corrected chi connectivity index (χ0v) is 10.2. The van der Waals surface area contributed by atoms with Gasteiger partial charge in [0, 0.05) is 6.04 Å². The van der Waals surface area contributed by atoms with Gasteiger partial charge in [-0.1, -0.05) is 37.6 Å². The van der Waals surface area contributed by atoms with Crippen LogP contribution in [0.4, 0.5) is 0 Å². The first-order valence-corrected chi connectivity index (χ1v) is 5.51. The van der Waals surface area contributed by atoms with Crippen molar-refractivity contribution in [2.45, 2.75) is 26.3 Å². The fourth-order valence-corrected chi connectivity index (χ4v) is 1.70. The molecule has 0 aliphatic rings. The molecule has 0 aliphatic carbocycles. The third kappa shape index (κ3) is 3.11. The summed E-state index contributed by atoms with van der Waals surface area (Å²) in [6.45, 7) is 4.23. The summed E-state index contributed by atoms with van der Waals surface area (Å²) in [7, 11) is 1.63. The number of nitrogens with two attached hydrogens (primary N) is 1. The molecule has 0 heterocycles. The Morgan fingerprint density at radius 2 is 2.07 bits per heavy atom.